The second kappa shape index (κ2) is 7.05. The van der Waals surface area contributed by atoms with Crippen LogP contribution in [-0.2, 0) is 10.9 Å². The average Bonchev–Trinajstić information content (AvgIpc) is 2.67. The molecule has 27 heavy (non-hydrogen) atoms. The number of allylic oxidation sites excluding steroid dienone is 3. The van der Waals surface area contributed by atoms with Crippen LogP contribution in [0.15, 0.2) is 42.5 Å². The molecule has 2 aliphatic heterocycles. The molecule has 1 aliphatic carbocycles. The van der Waals surface area contributed by atoms with Gasteiger partial charge in [-0.3, -0.25) is 0 Å². The zero-order valence-electron chi connectivity index (χ0n) is 14.7. The van der Waals surface area contributed by atoms with Crippen LogP contribution >= 0.6 is 0 Å². The third kappa shape index (κ3) is 3.49. The van der Waals surface area contributed by atoms with Gasteiger partial charge in [-0.25, -0.2) is 0 Å². The number of halogens is 3. The lowest BCUT2D eigenvalue weighted by Crippen LogP contribution is -2.46. The highest BCUT2D eigenvalue weighted by molar-refractivity contribution is 5.58. The van der Waals surface area contributed by atoms with E-state index in [1.165, 1.54) is 12.1 Å². The van der Waals surface area contributed by atoms with Crippen LogP contribution in [0.2, 0.25) is 0 Å². The summed E-state index contributed by atoms with van der Waals surface area (Å²) in [5.74, 6) is 0.353. The van der Waals surface area contributed by atoms with Gasteiger partial charge in [0.15, 0.2) is 0 Å². The molecule has 1 saturated heterocycles. The largest absolute Gasteiger partial charge is 0.416 e. The number of rotatable bonds is 2. The topological polar surface area (TPSA) is 45.0 Å². The maximum atomic E-state index is 13.2. The van der Waals surface area contributed by atoms with E-state index < -0.39 is 17.8 Å². The Balaban J connectivity index is 1.71. The van der Waals surface area contributed by atoms with Crippen LogP contribution in [-0.4, -0.2) is 12.1 Å². The fourth-order valence-electron chi connectivity index (χ4n) is 4.51. The van der Waals surface area contributed by atoms with E-state index >= 15 is 0 Å². The molecule has 0 amide bonds. The quantitative estimate of drug-likeness (QED) is 0.756. The van der Waals surface area contributed by atoms with E-state index in [9.17, 15) is 13.2 Å². The molecule has 1 aromatic rings. The van der Waals surface area contributed by atoms with Crippen molar-refractivity contribution in [3.05, 3.63) is 53.6 Å². The Morgan fingerprint density at radius 1 is 1.22 bits per heavy atom. The van der Waals surface area contributed by atoms with Gasteiger partial charge in [-0.05, 0) is 37.5 Å². The minimum absolute atomic E-state index is 0.0806. The second-order valence-corrected chi connectivity index (χ2v) is 7.46. The van der Waals surface area contributed by atoms with Crippen molar-refractivity contribution in [2.45, 2.75) is 50.1 Å². The number of alkyl halides is 3. The lowest BCUT2D eigenvalue weighted by atomic mass is 9.72. The maximum absolute atomic E-state index is 13.2. The average molecular weight is 374 g/mol. The van der Waals surface area contributed by atoms with Crippen molar-refractivity contribution in [1.29, 1.82) is 5.26 Å². The molecule has 4 rings (SSSR count). The fraction of sp³-hybridized carbons (Fsp3) is 0.476. The highest BCUT2D eigenvalue weighted by atomic mass is 19.4. The van der Waals surface area contributed by atoms with E-state index in [1.807, 2.05) is 12.2 Å². The monoisotopic (exact) mass is 374 g/mol. The van der Waals surface area contributed by atoms with Crippen molar-refractivity contribution in [1.82, 2.24) is 0 Å². The predicted molar refractivity (Wildman–Crippen MR) is 95.8 cm³/mol. The van der Waals surface area contributed by atoms with Gasteiger partial charge < -0.3 is 10.1 Å². The Bertz CT molecular complexity index is 809. The Kier molecular flexibility index (Phi) is 4.73. The summed E-state index contributed by atoms with van der Waals surface area (Å²) in [6.45, 7) is 0. The van der Waals surface area contributed by atoms with Crippen LogP contribution in [0, 0.1) is 23.2 Å². The van der Waals surface area contributed by atoms with Crippen LogP contribution in [0.3, 0.4) is 0 Å². The summed E-state index contributed by atoms with van der Waals surface area (Å²) in [6.07, 6.45) is 6.04. The van der Waals surface area contributed by atoms with Gasteiger partial charge in [0.25, 0.3) is 0 Å². The molecular weight excluding hydrogens is 353 g/mol. The summed E-state index contributed by atoms with van der Waals surface area (Å²) in [5.41, 5.74) is 0.602. The first-order valence-electron chi connectivity index (χ1n) is 9.31. The molecule has 142 valence electrons. The molecule has 3 nitrogen and oxygen atoms in total. The highest BCUT2D eigenvalue weighted by Crippen LogP contribution is 2.49. The Morgan fingerprint density at radius 3 is 2.78 bits per heavy atom. The SMILES string of the molecule is N#CC[C@H]1CC[C@@H]2[C@H](O1)c1cc(C(F)(F)F)ccc1N[C@H]2C1C=CC=CC1. The number of anilines is 1. The molecule has 1 N–H and O–H groups in total. The van der Waals surface area contributed by atoms with Gasteiger partial charge in [-0.1, -0.05) is 24.3 Å². The minimum Gasteiger partial charge on any atom is -0.381 e. The molecule has 1 fully saturated rings. The summed E-state index contributed by atoms with van der Waals surface area (Å²) in [5, 5.41) is 12.5. The van der Waals surface area contributed by atoms with E-state index in [0.717, 1.165) is 25.3 Å². The first-order chi connectivity index (χ1) is 13.0. The van der Waals surface area contributed by atoms with E-state index in [2.05, 4.69) is 23.5 Å². The molecule has 0 aromatic heterocycles. The molecule has 0 spiro atoms. The number of nitriles is 1. The maximum Gasteiger partial charge on any atom is 0.416 e. The van der Waals surface area contributed by atoms with E-state index in [-0.39, 0.29) is 30.4 Å². The van der Waals surface area contributed by atoms with Gasteiger partial charge in [0.2, 0.25) is 0 Å². The third-order valence-electron chi connectivity index (χ3n) is 5.81. The lowest BCUT2D eigenvalue weighted by molar-refractivity contribution is -0.138. The second-order valence-electron chi connectivity index (χ2n) is 7.46. The van der Waals surface area contributed by atoms with Gasteiger partial charge >= 0.3 is 6.18 Å². The number of fused-ring (bicyclic) bond motifs is 3. The molecule has 6 heteroatoms. The summed E-state index contributed by atoms with van der Waals surface area (Å²) in [6, 6.07) is 6.07. The zero-order chi connectivity index (χ0) is 19.0. The number of hydrogen-bond donors (Lipinski definition) is 1. The van der Waals surface area contributed by atoms with Gasteiger partial charge in [0.05, 0.1) is 30.3 Å². The minimum atomic E-state index is -4.39. The molecule has 0 radical (unpaired) electrons. The van der Waals surface area contributed by atoms with Crippen LogP contribution < -0.4 is 5.32 Å². The van der Waals surface area contributed by atoms with Crippen LogP contribution in [0.1, 0.15) is 42.9 Å². The molecule has 1 aromatic carbocycles. The van der Waals surface area contributed by atoms with E-state index in [0.29, 0.717) is 11.3 Å². The van der Waals surface area contributed by atoms with Crippen LogP contribution in [0.5, 0.6) is 0 Å². The highest BCUT2D eigenvalue weighted by Gasteiger charge is 2.44. The van der Waals surface area contributed by atoms with Crippen molar-refractivity contribution in [3.8, 4) is 6.07 Å². The van der Waals surface area contributed by atoms with Crippen molar-refractivity contribution in [3.63, 3.8) is 0 Å². The van der Waals surface area contributed by atoms with Gasteiger partial charge in [0.1, 0.15) is 0 Å². The Labute approximate surface area is 156 Å². The fourth-order valence-corrected chi connectivity index (χ4v) is 4.51. The molecule has 5 atom stereocenters. The molecule has 3 aliphatic rings. The predicted octanol–water partition coefficient (Wildman–Crippen LogP) is 5.38. The van der Waals surface area contributed by atoms with Crippen LogP contribution in [0.4, 0.5) is 18.9 Å². The summed E-state index contributed by atoms with van der Waals surface area (Å²) < 4.78 is 45.9. The Hall–Kier alpha value is -2.26. The normalized spacial score (nSPS) is 32.1. The summed E-state index contributed by atoms with van der Waals surface area (Å²) in [4.78, 5) is 0. The number of benzene rings is 1. The molecule has 0 bridgehead atoms. The molecule has 2 heterocycles. The van der Waals surface area contributed by atoms with Gasteiger partial charge in [0, 0.05) is 29.1 Å². The first-order valence-corrected chi connectivity index (χ1v) is 9.31. The van der Waals surface area contributed by atoms with Crippen molar-refractivity contribution < 1.29 is 17.9 Å². The number of hydrogen-bond acceptors (Lipinski definition) is 3. The van der Waals surface area contributed by atoms with E-state index in [1.54, 1.807) is 0 Å². The third-order valence-corrected chi connectivity index (χ3v) is 5.81. The van der Waals surface area contributed by atoms with Gasteiger partial charge in [-0.2, -0.15) is 18.4 Å². The van der Waals surface area contributed by atoms with Crippen LogP contribution in [0.25, 0.3) is 0 Å². The van der Waals surface area contributed by atoms with Crippen molar-refractivity contribution >= 4 is 5.69 Å². The summed E-state index contributed by atoms with van der Waals surface area (Å²) >= 11 is 0. The number of nitrogens with one attached hydrogen (secondary N) is 1. The standard InChI is InChI=1S/C21H21F3N2O/c22-21(23,24)14-6-9-18-17(12-14)20-16(8-7-15(27-20)10-11-25)19(26-18)13-4-2-1-3-5-13/h1-4,6,9,12-13,15-16,19-20,26H,5,7-8,10H2/t13?,15-,16+,19+,20+/m1/s1. The molecule has 0 saturated carbocycles. The number of nitrogens with zero attached hydrogens (tertiary/aromatic N) is 1. The van der Waals surface area contributed by atoms with E-state index in [4.69, 9.17) is 10.00 Å². The lowest BCUT2D eigenvalue weighted by Gasteiger charge is -2.47. The number of ether oxygens (including phenoxy) is 1. The molecular formula is C21H21F3N2O. The van der Waals surface area contributed by atoms with Crippen molar-refractivity contribution in [2.75, 3.05) is 5.32 Å². The van der Waals surface area contributed by atoms with Gasteiger partial charge in [-0.15, -0.1) is 0 Å². The smallest absolute Gasteiger partial charge is 0.381 e. The Morgan fingerprint density at radius 2 is 2.07 bits per heavy atom. The summed E-state index contributed by atoms with van der Waals surface area (Å²) in [7, 11) is 0. The van der Waals surface area contributed by atoms with Crippen molar-refractivity contribution in [2.24, 2.45) is 11.8 Å². The first kappa shape index (κ1) is 18.1. The molecule has 1 unspecified atom stereocenters. The zero-order valence-corrected chi connectivity index (χ0v) is 14.7.